The quantitative estimate of drug-likeness (QED) is 0.612. The lowest BCUT2D eigenvalue weighted by Crippen LogP contribution is -2.50. The maximum absolute atomic E-state index is 12.4. The van der Waals surface area contributed by atoms with E-state index in [1.54, 1.807) is 0 Å². The van der Waals surface area contributed by atoms with Crippen LogP contribution in [0.4, 0.5) is 0 Å². The van der Waals surface area contributed by atoms with Crippen molar-refractivity contribution in [2.45, 2.75) is 88.1 Å². The molecule has 0 spiro atoms. The molecular formula is C21H43N3O2. The van der Waals surface area contributed by atoms with Gasteiger partial charge in [0.25, 0.3) is 0 Å². The van der Waals surface area contributed by atoms with Crippen molar-refractivity contribution in [1.29, 1.82) is 0 Å². The van der Waals surface area contributed by atoms with E-state index in [4.69, 9.17) is 5.73 Å². The Morgan fingerprint density at radius 1 is 0.692 bits per heavy atom. The largest absolute Gasteiger partial charge is 0.354 e. The number of nitrogens with two attached hydrogens (primary N) is 1. The second kappa shape index (κ2) is 8.73. The molecule has 0 saturated carbocycles. The fourth-order valence-corrected chi connectivity index (χ4v) is 3.81. The molecule has 0 aliphatic carbocycles. The van der Waals surface area contributed by atoms with Crippen LogP contribution in [0.3, 0.4) is 0 Å². The summed E-state index contributed by atoms with van der Waals surface area (Å²) in [6, 6.07) is -0.307. The smallest absolute Gasteiger partial charge is 0.225 e. The summed E-state index contributed by atoms with van der Waals surface area (Å²) in [5.74, 6) is 0.00419. The second-order valence-electron chi connectivity index (χ2n) is 11.4. The molecule has 0 bridgehead atoms. The summed E-state index contributed by atoms with van der Waals surface area (Å²) < 4.78 is 0. The topological polar surface area (TPSA) is 84.2 Å². The van der Waals surface area contributed by atoms with Crippen molar-refractivity contribution in [1.82, 2.24) is 10.6 Å². The molecule has 0 heterocycles. The van der Waals surface area contributed by atoms with E-state index >= 15 is 0 Å². The molecule has 26 heavy (non-hydrogen) atoms. The van der Waals surface area contributed by atoms with Gasteiger partial charge in [-0.3, -0.25) is 9.59 Å². The van der Waals surface area contributed by atoms with E-state index in [2.05, 4.69) is 52.2 Å². The fraction of sp³-hybridized carbons (Fsp3) is 0.905. The average Bonchev–Trinajstić information content (AvgIpc) is 2.36. The van der Waals surface area contributed by atoms with Crippen molar-refractivity contribution in [2.24, 2.45) is 27.4 Å². The monoisotopic (exact) mass is 369 g/mol. The molecular weight excluding hydrogens is 326 g/mol. The molecule has 0 aromatic carbocycles. The molecule has 2 amide bonds. The van der Waals surface area contributed by atoms with Crippen LogP contribution in [0.1, 0.15) is 82.1 Å². The van der Waals surface area contributed by atoms with Gasteiger partial charge >= 0.3 is 0 Å². The lowest BCUT2D eigenvalue weighted by atomic mass is 9.75. The summed E-state index contributed by atoms with van der Waals surface area (Å²) >= 11 is 0. The zero-order valence-corrected chi connectivity index (χ0v) is 18.8. The molecule has 0 atom stereocenters. The van der Waals surface area contributed by atoms with Crippen molar-refractivity contribution in [3.63, 3.8) is 0 Å². The molecule has 0 aliphatic heterocycles. The third-order valence-electron chi connectivity index (χ3n) is 4.22. The molecule has 0 unspecified atom stereocenters. The summed E-state index contributed by atoms with van der Waals surface area (Å²) in [5, 5.41) is 5.86. The minimum absolute atomic E-state index is 0.00210. The summed E-state index contributed by atoms with van der Waals surface area (Å²) in [4.78, 5) is 24.9. The first kappa shape index (κ1) is 24.9. The highest BCUT2D eigenvalue weighted by Gasteiger charge is 2.34. The molecule has 0 aromatic rings. The van der Waals surface area contributed by atoms with Gasteiger partial charge in [0.05, 0.1) is 0 Å². The van der Waals surface area contributed by atoms with Crippen LogP contribution in [0, 0.1) is 21.7 Å². The van der Waals surface area contributed by atoms with Crippen LogP contribution < -0.4 is 16.4 Å². The van der Waals surface area contributed by atoms with E-state index in [1.807, 2.05) is 27.7 Å². The van der Waals surface area contributed by atoms with Crippen molar-refractivity contribution >= 4 is 11.8 Å². The van der Waals surface area contributed by atoms with Crippen LogP contribution in [0.15, 0.2) is 0 Å². The predicted octanol–water partition coefficient (Wildman–Crippen LogP) is 3.47. The van der Waals surface area contributed by atoms with Crippen LogP contribution in [-0.4, -0.2) is 30.9 Å². The number of hydrogen-bond donors (Lipinski definition) is 3. The summed E-state index contributed by atoms with van der Waals surface area (Å²) in [7, 11) is 0. The van der Waals surface area contributed by atoms with Gasteiger partial charge in [0.2, 0.25) is 11.8 Å². The number of carbonyl (C=O) groups is 2. The first-order valence-electron chi connectivity index (χ1n) is 9.68. The average molecular weight is 370 g/mol. The van der Waals surface area contributed by atoms with Gasteiger partial charge in [-0.15, -0.1) is 0 Å². The Hall–Kier alpha value is -1.10. The molecule has 0 rings (SSSR count). The Balaban J connectivity index is 4.45. The SMILES string of the molecule is CC(C)(C)CC(C)(C)C(=O)NCC(N)CNC(=O)C(C)(C)CC(C)(C)C. The molecule has 5 nitrogen and oxygen atoms in total. The van der Waals surface area contributed by atoms with Crippen LogP contribution in [0.25, 0.3) is 0 Å². The second-order valence-corrected chi connectivity index (χ2v) is 11.4. The molecule has 0 radical (unpaired) electrons. The lowest BCUT2D eigenvalue weighted by molar-refractivity contribution is -0.130. The van der Waals surface area contributed by atoms with Gasteiger partial charge in [0, 0.05) is 30.0 Å². The molecule has 0 saturated heterocycles. The van der Waals surface area contributed by atoms with Crippen molar-refractivity contribution in [2.75, 3.05) is 13.1 Å². The van der Waals surface area contributed by atoms with Gasteiger partial charge in [-0.2, -0.15) is 0 Å². The normalized spacial score (nSPS) is 13.7. The first-order valence-corrected chi connectivity index (χ1v) is 9.68. The first-order chi connectivity index (χ1) is 11.4. The maximum Gasteiger partial charge on any atom is 0.225 e. The van der Waals surface area contributed by atoms with Gasteiger partial charge in [-0.25, -0.2) is 0 Å². The summed E-state index contributed by atoms with van der Waals surface area (Å²) in [6.07, 6.45) is 1.58. The molecule has 154 valence electrons. The zero-order chi connectivity index (χ0) is 21.0. The van der Waals surface area contributed by atoms with E-state index in [0.717, 1.165) is 12.8 Å². The van der Waals surface area contributed by atoms with Gasteiger partial charge in [-0.1, -0.05) is 69.2 Å². The van der Waals surface area contributed by atoms with Gasteiger partial charge in [0.1, 0.15) is 0 Å². The Morgan fingerprint density at radius 3 is 1.19 bits per heavy atom. The highest BCUT2D eigenvalue weighted by Crippen LogP contribution is 2.34. The fourth-order valence-electron chi connectivity index (χ4n) is 3.81. The minimum atomic E-state index is -0.448. The minimum Gasteiger partial charge on any atom is -0.354 e. The van der Waals surface area contributed by atoms with Crippen molar-refractivity contribution in [3.05, 3.63) is 0 Å². The highest BCUT2D eigenvalue weighted by molar-refractivity contribution is 5.82. The Morgan fingerprint density at radius 2 is 0.962 bits per heavy atom. The Kier molecular flexibility index (Phi) is 8.36. The number of rotatable bonds is 8. The third kappa shape index (κ3) is 10.1. The molecule has 4 N–H and O–H groups in total. The maximum atomic E-state index is 12.4. The van der Waals surface area contributed by atoms with Crippen molar-refractivity contribution in [3.8, 4) is 0 Å². The van der Waals surface area contributed by atoms with Crippen LogP contribution >= 0.6 is 0 Å². The Labute approximate surface area is 161 Å². The lowest BCUT2D eigenvalue weighted by Gasteiger charge is -2.32. The van der Waals surface area contributed by atoms with Crippen LogP contribution in [-0.2, 0) is 9.59 Å². The summed E-state index contributed by atoms with van der Waals surface area (Å²) in [6.45, 7) is 21.3. The van der Waals surface area contributed by atoms with Crippen LogP contribution in [0.2, 0.25) is 0 Å². The summed E-state index contributed by atoms with van der Waals surface area (Å²) in [5.41, 5.74) is 5.34. The van der Waals surface area contributed by atoms with E-state index in [-0.39, 0.29) is 28.7 Å². The van der Waals surface area contributed by atoms with Crippen LogP contribution in [0.5, 0.6) is 0 Å². The van der Waals surface area contributed by atoms with Gasteiger partial charge in [0.15, 0.2) is 0 Å². The number of carbonyl (C=O) groups excluding carboxylic acids is 2. The predicted molar refractivity (Wildman–Crippen MR) is 110 cm³/mol. The molecule has 0 aromatic heterocycles. The Bertz CT molecular complexity index is 438. The number of nitrogens with one attached hydrogen (secondary N) is 2. The van der Waals surface area contributed by atoms with E-state index in [1.165, 1.54) is 0 Å². The number of hydrogen-bond acceptors (Lipinski definition) is 3. The molecule has 5 heteroatoms. The zero-order valence-electron chi connectivity index (χ0n) is 18.8. The van der Waals surface area contributed by atoms with E-state index in [9.17, 15) is 9.59 Å². The molecule has 0 aliphatic rings. The van der Waals surface area contributed by atoms with E-state index in [0.29, 0.717) is 13.1 Å². The standard InChI is InChI=1S/C21H43N3O2/c1-18(2,3)13-20(7,8)16(25)23-11-15(22)12-24-17(26)21(9,10)14-19(4,5)6/h15H,11-14,22H2,1-10H3,(H,23,25)(H,24,26). The molecule has 0 fully saturated rings. The van der Waals surface area contributed by atoms with Crippen molar-refractivity contribution < 1.29 is 9.59 Å². The van der Waals surface area contributed by atoms with Gasteiger partial charge in [-0.05, 0) is 23.7 Å². The third-order valence-corrected chi connectivity index (χ3v) is 4.22. The van der Waals surface area contributed by atoms with Gasteiger partial charge < -0.3 is 16.4 Å². The highest BCUT2D eigenvalue weighted by atomic mass is 16.2. The van der Waals surface area contributed by atoms with E-state index < -0.39 is 10.8 Å². The number of amides is 2.